The lowest BCUT2D eigenvalue weighted by atomic mass is 9.85. The number of rotatable bonds is 12. The van der Waals surface area contributed by atoms with Crippen LogP contribution in [0.2, 0.25) is 0 Å². The highest BCUT2D eigenvalue weighted by atomic mass is 15.3. The van der Waals surface area contributed by atoms with E-state index in [1.54, 1.807) is 0 Å². The molecule has 12 heteroatoms. The molecular weight excluding hydrogens is 673 g/mol. The number of nitrogens with zero attached hydrogens (tertiary/aromatic N) is 12. The van der Waals surface area contributed by atoms with E-state index in [-0.39, 0.29) is 0 Å². The zero-order valence-electron chi connectivity index (χ0n) is 34.1. The van der Waals surface area contributed by atoms with Crippen molar-refractivity contribution in [3.8, 4) is 0 Å². The van der Waals surface area contributed by atoms with Crippen LogP contribution in [0.5, 0.6) is 0 Å². The smallest absolute Gasteiger partial charge is 0.0669 e. The number of aryl methyl sites for hydroxylation is 12. The van der Waals surface area contributed by atoms with Crippen LogP contribution in [-0.2, 0) is 39.3 Å². The molecule has 0 aliphatic rings. The molecule has 1 aromatic carbocycles. The van der Waals surface area contributed by atoms with Crippen LogP contribution in [0.15, 0.2) is 36.4 Å². The SMILES string of the molecule is Cc1cc(C)n(Cc2c(Cn3nc(C)cc3C)c(Cn3nc(C)cc3C)c(Cn3nc(C)cc3C)c(Cn3nc(C)cc3C)c2Cn2nc(C)cc2C)n1. The van der Waals surface area contributed by atoms with Crippen molar-refractivity contribution < 1.29 is 0 Å². The standard InChI is InChI=1S/C42H54N12/c1-25-13-31(7)49(43-25)19-37-38(20-50-32(8)14-26(2)44-50)40(22-52-34(10)16-28(4)46-52)42(24-54-36(12)18-30(6)48-54)41(23-53-35(11)17-29(5)47-53)39(37)21-51-33(9)15-27(3)45-51/h13-18H,19-24H2,1-12H3. The molecule has 7 rings (SSSR count). The summed E-state index contributed by atoms with van der Waals surface area (Å²) in [6.45, 7) is 28.8. The molecule has 0 aliphatic heterocycles. The Hall–Kier alpha value is -5.52. The molecule has 282 valence electrons. The Morgan fingerprint density at radius 3 is 0.481 bits per heavy atom. The minimum Gasteiger partial charge on any atom is -0.265 e. The van der Waals surface area contributed by atoms with Gasteiger partial charge in [0.1, 0.15) is 0 Å². The normalized spacial score (nSPS) is 11.8. The van der Waals surface area contributed by atoms with E-state index in [1.807, 2.05) is 0 Å². The Labute approximate surface area is 318 Å². The van der Waals surface area contributed by atoms with Gasteiger partial charge in [-0.05, 0) is 153 Å². The zero-order chi connectivity index (χ0) is 38.6. The second-order valence-corrected chi connectivity index (χ2v) is 15.4. The average Bonchev–Trinajstić information content (AvgIpc) is 3.90. The van der Waals surface area contributed by atoms with E-state index in [2.05, 4.69) is 148 Å². The molecule has 0 unspecified atom stereocenters. The van der Waals surface area contributed by atoms with Crippen molar-refractivity contribution >= 4 is 0 Å². The van der Waals surface area contributed by atoms with Crippen molar-refractivity contribution in [1.82, 2.24) is 58.7 Å². The van der Waals surface area contributed by atoms with Crippen LogP contribution in [0.4, 0.5) is 0 Å². The van der Waals surface area contributed by atoms with E-state index < -0.39 is 0 Å². The summed E-state index contributed by atoms with van der Waals surface area (Å²) in [6.07, 6.45) is 0. The third-order valence-electron chi connectivity index (χ3n) is 10.7. The second-order valence-electron chi connectivity index (χ2n) is 15.4. The van der Waals surface area contributed by atoms with Gasteiger partial charge in [0.15, 0.2) is 0 Å². The van der Waals surface area contributed by atoms with Crippen LogP contribution >= 0.6 is 0 Å². The van der Waals surface area contributed by atoms with Crippen molar-refractivity contribution in [2.45, 2.75) is 122 Å². The van der Waals surface area contributed by atoms with Gasteiger partial charge >= 0.3 is 0 Å². The number of benzene rings is 1. The van der Waals surface area contributed by atoms with Crippen LogP contribution in [0.1, 0.15) is 102 Å². The molecule has 0 spiro atoms. The topological polar surface area (TPSA) is 107 Å². The summed E-state index contributed by atoms with van der Waals surface area (Å²) in [4.78, 5) is 0. The first-order chi connectivity index (χ1) is 25.6. The molecule has 0 amide bonds. The summed E-state index contributed by atoms with van der Waals surface area (Å²) in [5.74, 6) is 0. The monoisotopic (exact) mass is 726 g/mol. The maximum Gasteiger partial charge on any atom is 0.0669 e. The Balaban J connectivity index is 1.63. The second kappa shape index (κ2) is 14.4. The molecule has 0 fully saturated rings. The van der Waals surface area contributed by atoms with Gasteiger partial charge in [0.2, 0.25) is 0 Å². The molecule has 0 saturated carbocycles. The van der Waals surface area contributed by atoms with E-state index in [4.69, 9.17) is 30.6 Å². The minimum absolute atomic E-state index is 0.595. The lowest BCUT2D eigenvalue weighted by molar-refractivity contribution is 0.568. The van der Waals surface area contributed by atoms with E-state index in [9.17, 15) is 0 Å². The first kappa shape index (κ1) is 36.8. The molecule has 12 nitrogen and oxygen atoms in total. The Morgan fingerprint density at radius 2 is 0.389 bits per heavy atom. The number of hydrogen-bond donors (Lipinski definition) is 0. The summed E-state index contributed by atoms with van der Waals surface area (Å²) < 4.78 is 12.9. The predicted octanol–water partition coefficient (Wildman–Crippen LogP) is 6.86. The summed E-state index contributed by atoms with van der Waals surface area (Å²) in [5.41, 5.74) is 20.1. The van der Waals surface area contributed by atoms with Crippen LogP contribution in [0.25, 0.3) is 0 Å². The van der Waals surface area contributed by atoms with Gasteiger partial charge in [-0.2, -0.15) is 30.6 Å². The first-order valence-electron chi connectivity index (χ1n) is 18.9. The van der Waals surface area contributed by atoms with Gasteiger partial charge in [0.25, 0.3) is 0 Å². The number of aromatic nitrogens is 12. The third-order valence-corrected chi connectivity index (χ3v) is 10.7. The molecule has 0 N–H and O–H groups in total. The van der Waals surface area contributed by atoms with Gasteiger partial charge in [-0.25, -0.2) is 0 Å². The van der Waals surface area contributed by atoms with Crippen molar-refractivity contribution in [3.05, 3.63) is 138 Å². The molecule has 6 heterocycles. The highest BCUT2D eigenvalue weighted by molar-refractivity contribution is 5.54. The quantitative estimate of drug-likeness (QED) is 0.136. The van der Waals surface area contributed by atoms with E-state index in [1.165, 1.54) is 33.4 Å². The van der Waals surface area contributed by atoms with Gasteiger partial charge < -0.3 is 0 Å². The van der Waals surface area contributed by atoms with Crippen molar-refractivity contribution in [2.75, 3.05) is 0 Å². The van der Waals surface area contributed by atoms with E-state index in [0.717, 1.165) is 68.3 Å². The summed E-state index contributed by atoms with van der Waals surface area (Å²) >= 11 is 0. The molecule has 0 saturated heterocycles. The van der Waals surface area contributed by atoms with Gasteiger partial charge in [0.05, 0.1) is 73.4 Å². The van der Waals surface area contributed by atoms with Crippen LogP contribution in [0, 0.1) is 83.1 Å². The molecule has 0 bridgehead atoms. The molecule has 0 aliphatic carbocycles. The zero-order valence-corrected chi connectivity index (χ0v) is 34.1. The average molecular weight is 727 g/mol. The third kappa shape index (κ3) is 7.34. The van der Waals surface area contributed by atoms with Crippen LogP contribution < -0.4 is 0 Å². The Bertz CT molecular complexity index is 2020. The summed E-state index contributed by atoms with van der Waals surface area (Å²) in [7, 11) is 0. The van der Waals surface area contributed by atoms with Gasteiger partial charge in [-0.1, -0.05) is 0 Å². The molecule has 0 radical (unpaired) electrons. The van der Waals surface area contributed by atoms with E-state index >= 15 is 0 Å². The lowest BCUT2D eigenvalue weighted by Crippen LogP contribution is -2.25. The van der Waals surface area contributed by atoms with Crippen LogP contribution in [-0.4, -0.2) is 58.7 Å². The molecule has 0 atom stereocenters. The van der Waals surface area contributed by atoms with Crippen molar-refractivity contribution in [2.24, 2.45) is 0 Å². The lowest BCUT2D eigenvalue weighted by Gasteiger charge is -2.29. The summed E-state index contributed by atoms with van der Waals surface area (Å²) in [6, 6.07) is 13.0. The van der Waals surface area contributed by atoms with E-state index in [0.29, 0.717) is 39.3 Å². The van der Waals surface area contributed by atoms with Crippen molar-refractivity contribution in [1.29, 1.82) is 0 Å². The highest BCUT2D eigenvalue weighted by Crippen LogP contribution is 2.35. The molecule has 54 heavy (non-hydrogen) atoms. The van der Waals surface area contributed by atoms with Gasteiger partial charge in [-0.15, -0.1) is 0 Å². The largest absolute Gasteiger partial charge is 0.265 e. The molecular formula is C42H54N12. The fraction of sp³-hybridized carbons (Fsp3) is 0.429. The van der Waals surface area contributed by atoms with Gasteiger partial charge in [-0.3, -0.25) is 28.1 Å². The maximum absolute atomic E-state index is 5.03. The fourth-order valence-electron chi connectivity index (χ4n) is 8.15. The highest BCUT2D eigenvalue weighted by Gasteiger charge is 2.28. The molecule has 6 aromatic heterocycles. The van der Waals surface area contributed by atoms with Gasteiger partial charge in [0, 0.05) is 34.2 Å². The first-order valence-corrected chi connectivity index (χ1v) is 18.9. The number of hydrogen-bond acceptors (Lipinski definition) is 6. The Kier molecular flexibility index (Phi) is 9.80. The fourth-order valence-corrected chi connectivity index (χ4v) is 8.15. The summed E-state index contributed by atoms with van der Waals surface area (Å²) in [5, 5.41) is 30.2. The maximum atomic E-state index is 5.03. The molecule has 7 aromatic rings. The predicted molar refractivity (Wildman–Crippen MR) is 211 cm³/mol. The van der Waals surface area contributed by atoms with Crippen molar-refractivity contribution in [3.63, 3.8) is 0 Å². The Morgan fingerprint density at radius 1 is 0.259 bits per heavy atom. The van der Waals surface area contributed by atoms with Crippen LogP contribution in [0.3, 0.4) is 0 Å². The minimum atomic E-state index is 0.595.